The largest absolute Gasteiger partial charge is 0.389 e. The fraction of sp³-hybridized carbons (Fsp3) is 0.556. The molecular weight excluding hydrogens is 251 g/mol. The first-order valence-electron chi connectivity index (χ1n) is 3.68. The Labute approximate surface area is 82.3 Å². The standard InChI is InChI=1S/C9H15IO/c1-3-5-9(11,6-4-2)7-8-10/h3-4,11H,1-2,5-8H2. The van der Waals surface area contributed by atoms with Gasteiger partial charge in [-0.2, -0.15) is 0 Å². The minimum Gasteiger partial charge on any atom is -0.389 e. The molecule has 0 rings (SSSR count). The van der Waals surface area contributed by atoms with Crippen molar-refractivity contribution in [3.63, 3.8) is 0 Å². The number of rotatable bonds is 6. The predicted molar refractivity (Wildman–Crippen MR) is 58.1 cm³/mol. The molecule has 0 aliphatic carbocycles. The Bertz CT molecular complexity index is 122. The summed E-state index contributed by atoms with van der Waals surface area (Å²) in [5.74, 6) is 0. The molecule has 0 saturated heterocycles. The van der Waals surface area contributed by atoms with Gasteiger partial charge in [-0.25, -0.2) is 0 Å². The molecule has 0 radical (unpaired) electrons. The molecule has 0 bridgehead atoms. The minimum absolute atomic E-state index is 0.593. The molecule has 0 unspecified atom stereocenters. The zero-order valence-corrected chi connectivity index (χ0v) is 8.88. The SMILES string of the molecule is C=CCC(O)(CC=C)CCI. The second-order valence-electron chi connectivity index (χ2n) is 2.65. The number of halogens is 1. The Morgan fingerprint density at radius 3 is 2.00 bits per heavy atom. The van der Waals surface area contributed by atoms with Crippen LogP contribution in [0.25, 0.3) is 0 Å². The number of hydrogen-bond acceptors (Lipinski definition) is 1. The third-order valence-corrected chi connectivity index (χ3v) is 2.15. The molecule has 0 saturated carbocycles. The van der Waals surface area contributed by atoms with E-state index in [4.69, 9.17) is 0 Å². The maximum Gasteiger partial charge on any atom is 0.0723 e. The van der Waals surface area contributed by atoms with E-state index in [1.54, 1.807) is 12.2 Å². The van der Waals surface area contributed by atoms with Crippen LogP contribution in [0, 0.1) is 0 Å². The van der Waals surface area contributed by atoms with Gasteiger partial charge in [-0.1, -0.05) is 34.7 Å². The van der Waals surface area contributed by atoms with E-state index >= 15 is 0 Å². The summed E-state index contributed by atoms with van der Waals surface area (Å²) < 4.78 is 0.968. The van der Waals surface area contributed by atoms with Gasteiger partial charge in [0.05, 0.1) is 5.60 Å². The fourth-order valence-corrected chi connectivity index (χ4v) is 2.00. The van der Waals surface area contributed by atoms with Gasteiger partial charge in [-0.3, -0.25) is 0 Å². The average Bonchev–Trinajstić information content (AvgIpc) is 1.88. The van der Waals surface area contributed by atoms with Crippen molar-refractivity contribution < 1.29 is 5.11 Å². The van der Waals surface area contributed by atoms with Crippen molar-refractivity contribution in [1.29, 1.82) is 0 Å². The zero-order chi connectivity index (χ0) is 8.74. The van der Waals surface area contributed by atoms with Crippen LogP contribution in [0.5, 0.6) is 0 Å². The van der Waals surface area contributed by atoms with Gasteiger partial charge in [0.25, 0.3) is 0 Å². The van der Waals surface area contributed by atoms with Crippen LogP contribution in [-0.2, 0) is 0 Å². The summed E-state index contributed by atoms with van der Waals surface area (Å²) in [4.78, 5) is 0. The fourth-order valence-electron chi connectivity index (χ4n) is 1.00. The lowest BCUT2D eigenvalue weighted by atomic mass is 9.93. The molecule has 0 heterocycles. The molecule has 0 spiro atoms. The highest BCUT2D eigenvalue weighted by Crippen LogP contribution is 2.21. The highest BCUT2D eigenvalue weighted by atomic mass is 127. The van der Waals surface area contributed by atoms with E-state index in [0.717, 1.165) is 10.8 Å². The van der Waals surface area contributed by atoms with Gasteiger partial charge in [0.1, 0.15) is 0 Å². The van der Waals surface area contributed by atoms with Crippen molar-refractivity contribution in [2.24, 2.45) is 0 Å². The van der Waals surface area contributed by atoms with Gasteiger partial charge in [0.15, 0.2) is 0 Å². The van der Waals surface area contributed by atoms with Crippen molar-refractivity contribution in [3.05, 3.63) is 25.3 Å². The predicted octanol–water partition coefficient (Wildman–Crippen LogP) is 2.69. The third-order valence-electron chi connectivity index (χ3n) is 1.61. The summed E-state index contributed by atoms with van der Waals surface area (Å²) in [5.41, 5.74) is -0.593. The molecule has 0 aliphatic rings. The molecule has 1 N–H and O–H groups in total. The second-order valence-corrected chi connectivity index (χ2v) is 3.73. The quantitative estimate of drug-likeness (QED) is 0.445. The lowest BCUT2D eigenvalue weighted by molar-refractivity contribution is 0.0444. The molecule has 0 atom stereocenters. The van der Waals surface area contributed by atoms with Gasteiger partial charge in [0.2, 0.25) is 0 Å². The second kappa shape index (κ2) is 5.77. The number of hydrogen-bond donors (Lipinski definition) is 1. The Morgan fingerprint density at radius 1 is 1.27 bits per heavy atom. The molecule has 0 amide bonds. The summed E-state index contributed by atoms with van der Waals surface area (Å²) in [6.45, 7) is 7.23. The average molecular weight is 266 g/mol. The van der Waals surface area contributed by atoms with Crippen molar-refractivity contribution in [3.8, 4) is 0 Å². The van der Waals surface area contributed by atoms with Crippen LogP contribution in [0.4, 0.5) is 0 Å². The monoisotopic (exact) mass is 266 g/mol. The van der Waals surface area contributed by atoms with E-state index in [1.165, 1.54) is 0 Å². The highest BCUT2D eigenvalue weighted by molar-refractivity contribution is 14.1. The van der Waals surface area contributed by atoms with Crippen LogP contribution in [0.3, 0.4) is 0 Å². The van der Waals surface area contributed by atoms with Crippen LogP contribution >= 0.6 is 22.6 Å². The lowest BCUT2D eigenvalue weighted by Crippen LogP contribution is -2.27. The Morgan fingerprint density at radius 2 is 1.73 bits per heavy atom. The smallest absolute Gasteiger partial charge is 0.0723 e. The van der Waals surface area contributed by atoms with Gasteiger partial charge in [-0.05, 0) is 19.3 Å². The van der Waals surface area contributed by atoms with Gasteiger partial charge in [0, 0.05) is 4.43 Å². The van der Waals surface area contributed by atoms with E-state index in [9.17, 15) is 5.11 Å². The van der Waals surface area contributed by atoms with E-state index in [0.29, 0.717) is 12.8 Å². The first-order chi connectivity index (χ1) is 5.18. The molecule has 11 heavy (non-hydrogen) atoms. The van der Waals surface area contributed by atoms with E-state index in [-0.39, 0.29) is 0 Å². The van der Waals surface area contributed by atoms with E-state index in [1.807, 2.05) is 0 Å². The van der Waals surface area contributed by atoms with Crippen LogP contribution in [0.15, 0.2) is 25.3 Å². The molecule has 64 valence electrons. The van der Waals surface area contributed by atoms with Gasteiger partial charge >= 0.3 is 0 Å². The molecule has 0 aromatic heterocycles. The Hall–Kier alpha value is 0.170. The summed E-state index contributed by atoms with van der Waals surface area (Å²) in [6.07, 6.45) is 5.64. The first kappa shape index (κ1) is 11.2. The number of alkyl halides is 1. The zero-order valence-electron chi connectivity index (χ0n) is 6.72. The van der Waals surface area contributed by atoms with Crippen molar-refractivity contribution >= 4 is 22.6 Å². The van der Waals surface area contributed by atoms with E-state index < -0.39 is 5.60 Å². The Balaban J connectivity index is 3.98. The molecule has 1 nitrogen and oxygen atoms in total. The molecule has 0 aromatic carbocycles. The van der Waals surface area contributed by atoms with Crippen LogP contribution in [0.2, 0.25) is 0 Å². The van der Waals surface area contributed by atoms with Crippen molar-refractivity contribution in [1.82, 2.24) is 0 Å². The Kier molecular flexibility index (Phi) is 5.86. The molecular formula is C9H15IO. The van der Waals surface area contributed by atoms with Gasteiger partial charge < -0.3 is 5.11 Å². The van der Waals surface area contributed by atoms with Crippen LogP contribution in [-0.4, -0.2) is 15.1 Å². The molecule has 0 aliphatic heterocycles. The maximum absolute atomic E-state index is 9.86. The molecule has 0 aromatic rings. The first-order valence-corrected chi connectivity index (χ1v) is 5.21. The summed E-state index contributed by atoms with van der Waals surface area (Å²) in [5, 5.41) is 9.86. The molecule has 0 fully saturated rings. The topological polar surface area (TPSA) is 20.2 Å². The van der Waals surface area contributed by atoms with Crippen LogP contribution in [0.1, 0.15) is 19.3 Å². The minimum atomic E-state index is -0.593. The van der Waals surface area contributed by atoms with Crippen LogP contribution < -0.4 is 0 Å². The number of aliphatic hydroxyl groups is 1. The summed E-state index contributed by atoms with van der Waals surface area (Å²) in [7, 11) is 0. The maximum atomic E-state index is 9.86. The van der Waals surface area contributed by atoms with E-state index in [2.05, 4.69) is 35.7 Å². The van der Waals surface area contributed by atoms with Gasteiger partial charge in [-0.15, -0.1) is 13.2 Å². The highest BCUT2D eigenvalue weighted by Gasteiger charge is 2.22. The summed E-state index contributed by atoms with van der Waals surface area (Å²) >= 11 is 2.26. The normalized spacial score (nSPS) is 11.1. The van der Waals surface area contributed by atoms with Crippen molar-refractivity contribution in [2.75, 3.05) is 4.43 Å². The lowest BCUT2D eigenvalue weighted by Gasteiger charge is -2.24. The van der Waals surface area contributed by atoms with Crippen molar-refractivity contribution in [2.45, 2.75) is 24.9 Å². The summed E-state index contributed by atoms with van der Waals surface area (Å²) in [6, 6.07) is 0. The third kappa shape index (κ3) is 4.58. The molecule has 2 heteroatoms.